The number of guanidine groups is 1. The summed E-state index contributed by atoms with van der Waals surface area (Å²) >= 11 is 0. The van der Waals surface area contributed by atoms with E-state index in [0.717, 1.165) is 16.5 Å². The Bertz CT molecular complexity index is 1710. The minimum atomic E-state index is -1.49. The summed E-state index contributed by atoms with van der Waals surface area (Å²) in [5.74, 6) is -4.85. The Kier molecular flexibility index (Phi) is 14.4. The number of hydrogen-bond acceptors (Lipinski definition) is 9. The summed E-state index contributed by atoms with van der Waals surface area (Å²) in [4.78, 5) is 92.3. The molecular weight excluding hydrogens is 698 g/mol. The number of nitrogens with zero attached hydrogens (tertiary/aromatic N) is 2. The molecule has 2 aliphatic rings. The Labute approximate surface area is 314 Å². The van der Waals surface area contributed by atoms with Gasteiger partial charge >= 0.3 is 0 Å². The second-order valence-electron chi connectivity index (χ2n) is 14.3. The lowest BCUT2D eigenvalue weighted by Crippen LogP contribution is -2.64. The van der Waals surface area contributed by atoms with Crippen LogP contribution in [0.2, 0.25) is 0 Å². The summed E-state index contributed by atoms with van der Waals surface area (Å²) in [6.07, 6.45) is 1.83. The highest BCUT2D eigenvalue weighted by Gasteiger charge is 2.42. The van der Waals surface area contributed by atoms with Gasteiger partial charge in [0, 0.05) is 42.7 Å². The molecule has 18 heteroatoms. The third-order valence-corrected chi connectivity index (χ3v) is 10.1. The van der Waals surface area contributed by atoms with Gasteiger partial charge in [0.1, 0.15) is 36.3 Å². The van der Waals surface area contributed by atoms with Crippen molar-refractivity contribution < 1.29 is 33.9 Å². The van der Waals surface area contributed by atoms with Crippen molar-refractivity contribution >= 4 is 52.3 Å². The quantitative estimate of drug-likeness (QED) is 0.0721. The number of rotatable bonds is 10. The van der Waals surface area contributed by atoms with Crippen molar-refractivity contribution in [3.8, 4) is 0 Å². The lowest BCUT2D eigenvalue weighted by molar-refractivity contribution is -0.143. The fourth-order valence-electron chi connectivity index (χ4n) is 6.81. The lowest BCUT2D eigenvalue weighted by atomic mass is 9.96. The van der Waals surface area contributed by atoms with E-state index in [0.29, 0.717) is 12.8 Å². The molecule has 0 aliphatic carbocycles. The van der Waals surface area contributed by atoms with Crippen LogP contribution in [0.25, 0.3) is 10.9 Å². The molecule has 13 N–H and O–H groups in total. The van der Waals surface area contributed by atoms with E-state index < -0.39 is 89.8 Å². The first-order valence-electron chi connectivity index (χ1n) is 18.5. The Hall–Kier alpha value is -5.23. The van der Waals surface area contributed by atoms with Gasteiger partial charge in [0.15, 0.2) is 5.96 Å². The number of aliphatic hydroxyl groups is 1. The zero-order valence-corrected chi connectivity index (χ0v) is 31.3. The van der Waals surface area contributed by atoms with Gasteiger partial charge in [-0.1, -0.05) is 38.5 Å². The highest BCUT2D eigenvalue weighted by Crippen LogP contribution is 2.23. The number of carbonyl (C=O) groups is 6. The van der Waals surface area contributed by atoms with Gasteiger partial charge in [0.25, 0.3) is 0 Å². The average Bonchev–Trinajstić information content (AvgIpc) is 3.79. The molecule has 296 valence electrons. The predicted octanol–water partition coefficient (Wildman–Crippen LogP) is -2.03. The molecular formula is C36H55N11O7. The van der Waals surface area contributed by atoms with Crippen LogP contribution in [-0.4, -0.2) is 118 Å². The van der Waals surface area contributed by atoms with Crippen LogP contribution in [0.15, 0.2) is 35.5 Å². The number of nitrogens with one attached hydrogen (secondary N) is 6. The number of aliphatic imine (C=N–C) groups is 1. The van der Waals surface area contributed by atoms with Gasteiger partial charge in [-0.2, -0.15) is 0 Å². The topological polar surface area (TPSA) is 292 Å². The fraction of sp³-hybridized carbons (Fsp3) is 0.583. The van der Waals surface area contributed by atoms with E-state index in [9.17, 15) is 33.9 Å². The molecule has 2 saturated heterocycles. The van der Waals surface area contributed by atoms with Crippen molar-refractivity contribution in [1.29, 1.82) is 0 Å². The molecule has 3 heterocycles. The maximum absolute atomic E-state index is 14.4. The number of H-pyrrole nitrogens is 1. The maximum Gasteiger partial charge on any atom is 0.246 e. The van der Waals surface area contributed by atoms with Gasteiger partial charge < -0.3 is 58.8 Å². The molecule has 0 spiro atoms. The first-order chi connectivity index (χ1) is 25.6. The number of carbonyl (C=O) groups excluding carboxylic acids is 6. The lowest BCUT2D eigenvalue weighted by Gasteiger charge is -2.33. The van der Waals surface area contributed by atoms with Crippen molar-refractivity contribution in [1.82, 2.24) is 36.5 Å². The first-order valence-corrected chi connectivity index (χ1v) is 18.5. The number of hydrogen-bond donors (Lipinski definition) is 10. The molecule has 54 heavy (non-hydrogen) atoms. The molecule has 0 radical (unpaired) electrons. The highest BCUT2D eigenvalue weighted by atomic mass is 16.3. The molecule has 0 saturated carbocycles. The molecule has 18 nitrogen and oxygen atoms in total. The predicted molar refractivity (Wildman–Crippen MR) is 201 cm³/mol. The summed E-state index contributed by atoms with van der Waals surface area (Å²) < 4.78 is 0. The molecule has 1 unspecified atom stereocenters. The van der Waals surface area contributed by atoms with Crippen molar-refractivity contribution in [2.24, 2.45) is 28.1 Å². The van der Waals surface area contributed by atoms with Crippen molar-refractivity contribution in [2.75, 3.05) is 13.1 Å². The van der Waals surface area contributed by atoms with Crippen LogP contribution >= 0.6 is 0 Å². The van der Waals surface area contributed by atoms with Crippen LogP contribution in [0.5, 0.6) is 0 Å². The van der Waals surface area contributed by atoms with E-state index in [-0.39, 0.29) is 44.7 Å². The average molecular weight is 754 g/mol. The van der Waals surface area contributed by atoms with Crippen LogP contribution in [-0.2, 0) is 35.2 Å². The van der Waals surface area contributed by atoms with Crippen molar-refractivity contribution in [3.63, 3.8) is 0 Å². The molecule has 1 aromatic carbocycles. The molecule has 6 amide bonds. The minimum Gasteiger partial charge on any atom is -0.391 e. The Balaban J connectivity index is 1.77. The standard InChI is InChI=1S/C36H55N11O7/c1-5-18(2)27-32(51)42-24(12-8-14-40-36(38)39)30(49)45-28(19(3)37)33(52)43-25(16-21-17-41-23-11-7-6-10-22(21)23)35(54)47-15-9-13-26(47)31(50)46-29(20(4)48)34(53)44-27/h6-7,10-11,17-20,24-29,41,48H,5,8-9,12-16,37H2,1-4H3,(H,42,51)(H,43,52)(H,44,53)(H,45,49)(H,46,50)(H4,38,39,40)/t18-,19?,20+,24+,25-,26+,27-,28-,29-/m0/s1. The maximum atomic E-state index is 14.4. The summed E-state index contributed by atoms with van der Waals surface area (Å²) in [5.41, 5.74) is 18.7. The molecule has 2 fully saturated rings. The number of amides is 6. The number of aliphatic hydroxyl groups excluding tert-OH is 1. The molecule has 4 rings (SSSR count). The monoisotopic (exact) mass is 753 g/mol. The first kappa shape index (κ1) is 41.5. The third kappa shape index (κ3) is 10.2. The molecule has 9 atom stereocenters. The zero-order chi connectivity index (χ0) is 39.7. The molecule has 1 aromatic heterocycles. The number of benzene rings is 1. The molecule has 2 aromatic rings. The second kappa shape index (κ2) is 18.7. The van der Waals surface area contributed by atoms with Gasteiger partial charge in [-0.15, -0.1) is 0 Å². The van der Waals surface area contributed by atoms with E-state index in [1.807, 2.05) is 31.2 Å². The molecule has 0 bridgehead atoms. The van der Waals surface area contributed by atoms with Gasteiger partial charge in [0.2, 0.25) is 35.4 Å². The van der Waals surface area contributed by atoms with E-state index in [1.165, 1.54) is 18.7 Å². The number of nitrogens with two attached hydrogens (primary N) is 3. The zero-order valence-electron chi connectivity index (χ0n) is 31.3. The number of fused-ring (bicyclic) bond motifs is 2. The molecule has 2 aliphatic heterocycles. The van der Waals surface area contributed by atoms with Crippen molar-refractivity contribution in [3.05, 3.63) is 36.0 Å². The Morgan fingerprint density at radius 3 is 2.17 bits per heavy atom. The van der Waals surface area contributed by atoms with Gasteiger partial charge in [-0.3, -0.25) is 33.8 Å². The third-order valence-electron chi connectivity index (χ3n) is 10.1. The number of aromatic amines is 1. The smallest absolute Gasteiger partial charge is 0.246 e. The summed E-state index contributed by atoms with van der Waals surface area (Å²) in [7, 11) is 0. The Morgan fingerprint density at radius 2 is 1.50 bits per heavy atom. The van der Waals surface area contributed by atoms with E-state index in [2.05, 4.69) is 36.6 Å². The largest absolute Gasteiger partial charge is 0.391 e. The van der Waals surface area contributed by atoms with E-state index in [4.69, 9.17) is 17.2 Å². The minimum absolute atomic E-state index is 0.0260. The number of aromatic nitrogens is 1. The number of para-hydroxylation sites is 1. The summed E-state index contributed by atoms with van der Waals surface area (Å²) in [6, 6.07) is -0.972. The highest BCUT2D eigenvalue weighted by molar-refractivity contribution is 5.99. The van der Waals surface area contributed by atoms with E-state index in [1.54, 1.807) is 13.1 Å². The van der Waals surface area contributed by atoms with E-state index >= 15 is 0 Å². The SMILES string of the molecule is CC[C@H](C)[C@@H]1NC(=O)[C@H]([C@@H](C)O)NC(=O)[C@H]2CCCN2C(=O)[C@H](Cc2c[nH]c3ccccc23)NC(=O)[C@H](C(C)N)NC(=O)[C@@H](CCCN=C(N)N)NC1=O. The van der Waals surface area contributed by atoms with Gasteiger partial charge in [-0.05, 0) is 57.1 Å². The van der Waals surface area contributed by atoms with Crippen LogP contribution < -0.4 is 43.8 Å². The van der Waals surface area contributed by atoms with Crippen LogP contribution in [0, 0.1) is 5.92 Å². The second-order valence-corrected chi connectivity index (χ2v) is 14.3. The summed E-state index contributed by atoms with van der Waals surface area (Å²) in [5, 5.41) is 24.9. The van der Waals surface area contributed by atoms with Crippen LogP contribution in [0.1, 0.15) is 65.4 Å². The normalized spacial score (nSPS) is 26.6. The summed E-state index contributed by atoms with van der Waals surface area (Å²) in [6.45, 7) is 6.71. The van der Waals surface area contributed by atoms with Crippen molar-refractivity contribution in [2.45, 2.75) is 115 Å². The fourth-order valence-corrected chi connectivity index (χ4v) is 6.81. The van der Waals surface area contributed by atoms with Gasteiger partial charge in [-0.25, -0.2) is 0 Å². The van der Waals surface area contributed by atoms with Crippen LogP contribution in [0.3, 0.4) is 0 Å². The van der Waals surface area contributed by atoms with Crippen LogP contribution in [0.4, 0.5) is 0 Å². The van der Waals surface area contributed by atoms with Gasteiger partial charge in [0.05, 0.1) is 6.10 Å². The Morgan fingerprint density at radius 1 is 0.870 bits per heavy atom.